The first-order valence-electron chi connectivity index (χ1n) is 5.60. The number of carbonyl (C=O) groups is 1. The van der Waals surface area contributed by atoms with Gasteiger partial charge in [-0.25, -0.2) is 4.79 Å². The summed E-state index contributed by atoms with van der Waals surface area (Å²) in [5.41, 5.74) is 1.23. The number of nitrogens with one attached hydrogen (secondary N) is 1. The molecule has 0 heterocycles. The fourth-order valence-corrected chi connectivity index (χ4v) is 1.59. The molecule has 1 amide bonds. The summed E-state index contributed by atoms with van der Waals surface area (Å²) in [5.74, 6) is 0. The molecule has 0 aliphatic carbocycles. The van der Waals surface area contributed by atoms with Gasteiger partial charge in [0.05, 0.1) is 0 Å². The average Bonchev–Trinajstić information content (AvgIpc) is 2.17. The van der Waals surface area contributed by atoms with Gasteiger partial charge in [0.2, 0.25) is 0 Å². The van der Waals surface area contributed by atoms with Crippen molar-refractivity contribution in [1.29, 1.82) is 0 Å². The zero-order valence-corrected chi connectivity index (χ0v) is 11.4. The Morgan fingerprint density at radius 2 is 2.06 bits per heavy atom. The van der Waals surface area contributed by atoms with Crippen molar-refractivity contribution >= 4 is 23.4 Å². The molecule has 0 saturated heterocycles. The first-order chi connectivity index (χ1) is 7.81. The zero-order valence-electron chi connectivity index (χ0n) is 10.6. The van der Waals surface area contributed by atoms with Gasteiger partial charge in [0.15, 0.2) is 0 Å². The van der Waals surface area contributed by atoms with Gasteiger partial charge in [0, 0.05) is 10.7 Å². The van der Waals surface area contributed by atoms with Crippen LogP contribution in [-0.2, 0) is 11.2 Å². The number of ether oxygens (including phenoxy) is 1. The van der Waals surface area contributed by atoms with E-state index in [1.807, 2.05) is 33.8 Å². The van der Waals surface area contributed by atoms with Gasteiger partial charge < -0.3 is 4.74 Å². The highest BCUT2D eigenvalue weighted by Gasteiger charge is 2.16. The molecule has 1 N–H and O–H groups in total. The lowest BCUT2D eigenvalue weighted by Crippen LogP contribution is -2.27. The van der Waals surface area contributed by atoms with E-state index >= 15 is 0 Å². The Morgan fingerprint density at radius 1 is 1.41 bits per heavy atom. The maximum absolute atomic E-state index is 11.6. The van der Waals surface area contributed by atoms with Gasteiger partial charge in [0.1, 0.15) is 5.60 Å². The van der Waals surface area contributed by atoms with E-state index in [1.54, 1.807) is 12.1 Å². The second kappa shape index (κ2) is 5.41. The van der Waals surface area contributed by atoms with Crippen LogP contribution in [0.2, 0.25) is 5.02 Å². The average molecular weight is 256 g/mol. The maximum atomic E-state index is 11.6. The number of carbonyl (C=O) groups excluding carboxylic acids is 1. The van der Waals surface area contributed by atoms with Crippen LogP contribution in [0, 0.1) is 0 Å². The molecule has 0 spiro atoms. The molecule has 0 aliphatic rings. The van der Waals surface area contributed by atoms with Gasteiger partial charge in [-0.3, -0.25) is 5.32 Å². The summed E-state index contributed by atoms with van der Waals surface area (Å²) in [6.07, 6.45) is 0.348. The molecule has 17 heavy (non-hydrogen) atoms. The second-order valence-electron chi connectivity index (χ2n) is 4.78. The monoisotopic (exact) mass is 255 g/mol. The van der Waals surface area contributed by atoms with Crippen LogP contribution in [-0.4, -0.2) is 11.7 Å². The largest absolute Gasteiger partial charge is 0.444 e. The number of hydrogen-bond acceptors (Lipinski definition) is 2. The lowest BCUT2D eigenvalue weighted by Gasteiger charge is -2.20. The molecule has 0 aliphatic heterocycles. The molecule has 0 atom stereocenters. The molecule has 0 radical (unpaired) electrons. The summed E-state index contributed by atoms with van der Waals surface area (Å²) in [4.78, 5) is 11.6. The van der Waals surface area contributed by atoms with Gasteiger partial charge >= 0.3 is 6.09 Å². The van der Waals surface area contributed by atoms with Crippen LogP contribution in [0.1, 0.15) is 33.3 Å². The lowest BCUT2D eigenvalue weighted by molar-refractivity contribution is 0.0636. The van der Waals surface area contributed by atoms with Crippen LogP contribution in [0.25, 0.3) is 0 Å². The normalized spacial score (nSPS) is 11.1. The molecule has 4 heteroatoms. The van der Waals surface area contributed by atoms with Crippen molar-refractivity contribution in [2.75, 3.05) is 5.32 Å². The third kappa shape index (κ3) is 4.65. The van der Waals surface area contributed by atoms with E-state index in [4.69, 9.17) is 16.3 Å². The Balaban J connectivity index is 2.78. The predicted octanol–water partition coefficient (Wildman–Crippen LogP) is 4.25. The van der Waals surface area contributed by atoms with E-state index in [0.29, 0.717) is 5.02 Å². The maximum Gasteiger partial charge on any atom is 0.412 e. The number of benzene rings is 1. The molecule has 0 bridgehead atoms. The van der Waals surface area contributed by atoms with Crippen LogP contribution in [0.5, 0.6) is 0 Å². The highest BCUT2D eigenvalue weighted by atomic mass is 35.5. The standard InChI is InChI=1S/C13H18ClNO2/c1-5-9-8-10(14)6-7-11(9)15-12(16)17-13(2,3)4/h6-8H,5H2,1-4H3,(H,15,16). The molecule has 0 aromatic heterocycles. The summed E-state index contributed by atoms with van der Waals surface area (Å²) in [5, 5.41) is 3.39. The number of halogens is 1. The number of anilines is 1. The SMILES string of the molecule is CCc1cc(Cl)ccc1NC(=O)OC(C)(C)C. The minimum atomic E-state index is -0.497. The predicted molar refractivity (Wildman–Crippen MR) is 70.7 cm³/mol. The van der Waals surface area contributed by atoms with E-state index < -0.39 is 11.7 Å². The third-order valence-corrected chi connectivity index (χ3v) is 2.32. The number of rotatable bonds is 2. The van der Waals surface area contributed by atoms with E-state index in [0.717, 1.165) is 17.7 Å². The van der Waals surface area contributed by atoms with Gasteiger partial charge in [-0.1, -0.05) is 18.5 Å². The Kier molecular flexibility index (Phi) is 4.40. The summed E-state index contributed by atoms with van der Waals surface area (Å²) >= 11 is 5.89. The van der Waals surface area contributed by atoms with Gasteiger partial charge in [-0.05, 0) is 51.0 Å². The molecule has 1 aromatic rings. The Morgan fingerprint density at radius 3 is 2.59 bits per heavy atom. The molecule has 0 unspecified atom stereocenters. The first-order valence-corrected chi connectivity index (χ1v) is 5.98. The molecule has 0 fully saturated rings. The highest BCUT2D eigenvalue weighted by molar-refractivity contribution is 6.30. The first kappa shape index (κ1) is 13.8. The molecule has 1 rings (SSSR count). The molecule has 3 nitrogen and oxygen atoms in total. The molecule has 0 saturated carbocycles. The van der Waals surface area contributed by atoms with Crippen molar-refractivity contribution < 1.29 is 9.53 Å². The van der Waals surface area contributed by atoms with Crippen molar-refractivity contribution in [3.63, 3.8) is 0 Å². The highest BCUT2D eigenvalue weighted by Crippen LogP contribution is 2.21. The van der Waals surface area contributed by atoms with Crippen molar-refractivity contribution in [2.24, 2.45) is 0 Å². The zero-order chi connectivity index (χ0) is 13.1. The summed E-state index contributed by atoms with van der Waals surface area (Å²) in [6, 6.07) is 5.37. The number of aryl methyl sites for hydroxylation is 1. The topological polar surface area (TPSA) is 38.3 Å². The van der Waals surface area contributed by atoms with Crippen molar-refractivity contribution in [3.05, 3.63) is 28.8 Å². The van der Waals surface area contributed by atoms with Gasteiger partial charge in [0.25, 0.3) is 0 Å². The molecular formula is C13H18ClNO2. The Labute approximate surface area is 107 Å². The smallest absolute Gasteiger partial charge is 0.412 e. The second-order valence-corrected chi connectivity index (χ2v) is 5.22. The van der Waals surface area contributed by atoms with Crippen molar-refractivity contribution in [3.8, 4) is 0 Å². The van der Waals surface area contributed by atoms with E-state index in [1.165, 1.54) is 0 Å². The number of hydrogen-bond donors (Lipinski definition) is 1. The van der Waals surface area contributed by atoms with Crippen molar-refractivity contribution in [1.82, 2.24) is 0 Å². The summed E-state index contributed by atoms with van der Waals surface area (Å²) in [6.45, 7) is 7.49. The molecule has 94 valence electrons. The van der Waals surface area contributed by atoms with Gasteiger partial charge in [-0.15, -0.1) is 0 Å². The van der Waals surface area contributed by atoms with Crippen LogP contribution < -0.4 is 5.32 Å². The fraction of sp³-hybridized carbons (Fsp3) is 0.462. The van der Waals surface area contributed by atoms with Crippen LogP contribution in [0.3, 0.4) is 0 Å². The van der Waals surface area contributed by atoms with Crippen LogP contribution in [0.15, 0.2) is 18.2 Å². The van der Waals surface area contributed by atoms with Crippen LogP contribution >= 0.6 is 11.6 Å². The van der Waals surface area contributed by atoms with E-state index in [9.17, 15) is 4.79 Å². The summed E-state index contributed by atoms with van der Waals surface area (Å²) in [7, 11) is 0. The Bertz CT molecular complexity index is 410. The van der Waals surface area contributed by atoms with Crippen molar-refractivity contribution in [2.45, 2.75) is 39.7 Å². The molecule has 1 aromatic carbocycles. The van der Waals surface area contributed by atoms with E-state index in [-0.39, 0.29) is 0 Å². The quantitative estimate of drug-likeness (QED) is 0.858. The molecular weight excluding hydrogens is 238 g/mol. The summed E-state index contributed by atoms with van der Waals surface area (Å²) < 4.78 is 5.19. The van der Waals surface area contributed by atoms with E-state index in [2.05, 4.69) is 5.32 Å². The fourth-order valence-electron chi connectivity index (χ4n) is 1.39. The van der Waals surface area contributed by atoms with Gasteiger partial charge in [-0.2, -0.15) is 0 Å². The third-order valence-electron chi connectivity index (χ3n) is 2.08. The van der Waals surface area contributed by atoms with Crippen LogP contribution in [0.4, 0.5) is 10.5 Å². The lowest BCUT2D eigenvalue weighted by atomic mass is 10.1. The Hall–Kier alpha value is -1.22. The minimum Gasteiger partial charge on any atom is -0.444 e. The minimum absolute atomic E-state index is 0.450. The number of amides is 1.